The van der Waals surface area contributed by atoms with Gasteiger partial charge in [0.2, 0.25) is 5.91 Å². The van der Waals surface area contributed by atoms with E-state index in [1.54, 1.807) is 10.9 Å². The van der Waals surface area contributed by atoms with Gasteiger partial charge in [0, 0.05) is 37.4 Å². The minimum absolute atomic E-state index is 0.180. The Morgan fingerprint density at radius 1 is 1.33 bits per heavy atom. The number of carbonyl (C=O) groups is 1. The highest BCUT2D eigenvalue weighted by Gasteiger charge is 2.38. The van der Waals surface area contributed by atoms with Crippen LogP contribution in [0.3, 0.4) is 0 Å². The molecule has 0 spiro atoms. The quantitative estimate of drug-likeness (QED) is 0.918. The van der Waals surface area contributed by atoms with Gasteiger partial charge in [-0.1, -0.05) is 12.8 Å². The fraction of sp³-hybridized carbons (Fsp3) is 0.750. The molecule has 1 amide bonds. The molecule has 1 aromatic rings. The number of aryl methyl sites for hydroxylation is 1. The van der Waals surface area contributed by atoms with Crippen LogP contribution in [0, 0.1) is 5.92 Å². The van der Waals surface area contributed by atoms with E-state index in [0.717, 1.165) is 44.3 Å². The van der Waals surface area contributed by atoms with E-state index in [2.05, 4.69) is 5.10 Å². The molecule has 116 valence electrons. The molecule has 0 radical (unpaired) electrons. The van der Waals surface area contributed by atoms with E-state index in [-0.39, 0.29) is 24.0 Å². The first-order chi connectivity index (χ1) is 10.2. The van der Waals surface area contributed by atoms with Crippen LogP contribution in [0.15, 0.2) is 12.3 Å². The highest BCUT2D eigenvalue weighted by Crippen LogP contribution is 2.34. The summed E-state index contributed by atoms with van der Waals surface area (Å²) in [6.45, 7) is 0.838. The molecule has 1 aromatic heterocycles. The molecule has 2 fully saturated rings. The second-order valence-corrected chi connectivity index (χ2v) is 6.44. The van der Waals surface area contributed by atoms with Crippen molar-refractivity contribution in [1.29, 1.82) is 0 Å². The van der Waals surface area contributed by atoms with Gasteiger partial charge in [0.25, 0.3) is 0 Å². The minimum atomic E-state index is -0.228. The molecule has 0 bridgehead atoms. The average Bonchev–Trinajstić information content (AvgIpc) is 3.09. The monoisotopic (exact) mass is 291 g/mol. The lowest BCUT2D eigenvalue weighted by Crippen LogP contribution is -2.45. The fourth-order valence-corrected chi connectivity index (χ4v) is 3.97. The number of aliphatic hydroxyl groups excluding tert-OH is 1. The van der Waals surface area contributed by atoms with Crippen molar-refractivity contribution in [2.75, 3.05) is 6.54 Å². The number of carbonyl (C=O) groups excluding carboxylic acids is 1. The van der Waals surface area contributed by atoms with Crippen LogP contribution >= 0.6 is 0 Å². The number of likely N-dealkylation sites (tertiary alicyclic amines) is 1. The van der Waals surface area contributed by atoms with Gasteiger partial charge in [-0.3, -0.25) is 9.48 Å². The summed E-state index contributed by atoms with van der Waals surface area (Å²) in [5.74, 6) is 0.454. The van der Waals surface area contributed by atoms with Crippen LogP contribution in [0.5, 0.6) is 0 Å². The lowest BCUT2D eigenvalue weighted by atomic mass is 9.80. The summed E-state index contributed by atoms with van der Waals surface area (Å²) in [6.07, 6.45) is 8.27. The van der Waals surface area contributed by atoms with Crippen molar-refractivity contribution < 1.29 is 9.90 Å². The van der Waals surface area contributed by atoms with Crippen molar-refractivity contribution in [3.63, 3.8) is 0 Å². The Morgan fingerprint density at radius 2 is 2.14 bits per heavy atom. The molecular formula is C16H25N3O2. The van der Waals surface area contributed by atoms with Gasteiger partial charge in [0.15, 0.2) is 0 Å². The zero-order valence-corrected chi connectivity index (χ0v) is 12.7. The van der Waals surface area contributed by atoms with Crippen LogP contribution in [0.4, 0.5) is 0 Å². The highest BCUT2D eigenvalue weighted by molar-refractivity contribution is 5.79. The summed E-state index contributed by atoms with van der Waals surface area (Å²) >= 11 is 0. The van der Waals surface area contributed by atoms with E-state index in [1.807, 2.05) is 18.0 Å². The number of aromatic nitrogens is 2. The third kappa shape index (κ3) is 2.98. The predicted molar refractivity (Wildman–Crippen MR) is 79.6 cm³/mol. The molecule has 1 saturated heterocycles. The predicted octanol–water partition coefficient (Wildman–Crippen LogP) is 1.50. The van der Waals surface area contributed by atoms with Gasteiger partial charge in [-0.05, 0) is 31.7 Å². The first-order valence-corrected chi connectivity index (χ1v) is 8.11. The van der Waals surface area contributed by atoms with Gasteiger partial charge in [0.05, 0.1) is 12.5 Å². The molecular weight excluding hydrogens is 266 g/mol. The van der Waals surface area contributed by atoms with E-state index in [4.69, 9.17) is 0 Å². The summed E-state index contributed by atoms with van der Waals surface area (Å²) in [7, 11) is 1.87. The molecule has 1 N–H and O–H groups in total. The smallest absolute Gasteiger partial charge is 0.228 e. The Hall–Kier alpha value is -1.36. The minimum Gasteiger partial charge on any atom is -0.393 e. The van der Waals surface area contributed by atoms with Crippen LogP contribution in [0.25, 0.3) is 0 Å². The van der Waals surface area contributed by atoms with Gasteiger partial charge < -0.3 is 10.0 Å². The number of aliphatic hydroxyl groups is 1. The summed E-state index contributed by atoms with van der Waals surface area (Å²) < 4.78 is 1.76. The average molecular weight is 291 g/mol. The maximum absolute atomic E-state index is 12.6. The van der Waals surface area contributed by atoms with Gasteiger partial charge in [0.1, 0.15) is 0 Å². The molecule has 3 atom stereocenters. The molecule has 2 aliphatic rings. The van der Waals surface area contributed by atoms with Crippen LogP contribution in [-0.2, 0) is 18.3 Å². The standard InChI is InChI=1S/C16H25N3O2/c1-18-12(8-9-17-18)11-16(21)19-10-4-6-14(19)13-5-2-3-7-15(13)20/h8-9,13-15,20H,2-7,10-11H2,1H3/t13-,14-,15-/m1/s1. The summed E-state index contributed by atoms with van der Waals surface area (Å²) in [5.41, 5.74) is 0.954. The van der Waals surface area contributed by atoms with Crippen LogP contribution in [-0.4, -0.2) is 44.4 Å². The van der Waals surface area contributed by atoms with Crippen molar-refractivity contribution in [3.05, 3.63) is 18.0 Å². The van der Waals surface area contributed by atoms with E-state index < -0.39 is 0 Å². The maximum atomic E-state index is 12.6. The molecule has 5 nitrogen and oxygen atoms in total. The first kappa shape index (κ1) is 14.6. The van der Waals surface area contributed by atoms with Gasteiger partial charge in [-0.25, -0.2) is 0 Å². The molecule has 5 heteroatoms. The molecule has 3 rings (SSSR count). The highest BCUT2D eigenvalue weighted by atomic mass is 16.3. The fourth-order valence-electron chi connectivity index (χ4n) is 3.97. The second-order valence-electron chi connectivity index (χ2n) is 6.44. The van der Waals surface area contributed by atoms with Crippen LogP contribution in [0.2, 0.25) is 0 Å². The summed E-state index contributed by atoms with van der Waals surface area (Å²) in [6, 6.07) is 2.14. The SMILES string of the molecule is Cn1nccc1CC(=O)N1CCC[C@@H]1[C@H]1CCCC[C@H]1O. The van der Waals surface area contributed by atoms with Crippen molar-refractivity contribution in [1.82, 2.24) is 14.7 Å². The zero-order valence-electron chi connectivity index (χ0n) is 12.7. The van der Waals surface area contributed by atoms with E-state index in [1.165, 1.54) is 6.42 Å². The molecule has 0 aromatic carbocycles. The molecule has 1 saturated carbocycles. The Kier molecular flexibility index (Phi) is 4.29. The first-order valence-electron chi connectivity index (χ1n) is 8.11. The van der Waals surface area contributed by atoms with Crippen LogP contribution in [0.1, 0.15) is 44.2 Å². The van der Waals surface area contributed by atoms with Gasteiger partial charge in [-0.15, -0.1) is 0 Å². The van der Waals surface area contributed by atoms with Crippen molar-refractivity contribution in [2.24, 2.45) is 13.0 Å². The largest absolute Gasteiger partial charge is 0.393 e. The van der Waals surface area contributed by atoms with Crippen molar-refractivity contribution in [3.8, 4) is 0 Å². The summed E-state index contributed by atoms with van der Waals surface area (Å²) in [5, 5.41) is 14.4. The lowest BCUT2D eigenvalue weighted by molar-refractivity contribution is -0.133. The van der Waals surface area contributed by atoms with E-state index >= 15 is 0 Å². The van der Waals surface area contributed by atoms with E-state index in [0.29, 0.717) is 6.42 Å². The lowest BCUT2D eigenvalue weighted by Gasteiger charge is -2.37. The number of nitrogens with zero attached hydrogens (tertiary/aromatic N) is 3. The molecule has 1 aliphatic heterocycles. The van der Waals surface area contributed by atoms with Gasteiger partial charge in [-0.2, -0.15) is 5.10 Å². The zero-order chi connectivity index (χ0) is 14.8. The Labute approximate surface area is 125 Å². The Balaban J connectivity index is 1.68. The maximum Gasteiger partial charge on any atom is 0.228 e. The number of rotatable bonds is 3. The molecule has 0 unspecified atom stereocenters. The van der Waals surface area contributed by atoms with E-state index in [9.17, 15) is 9.90 Å². The van der Waals surface area contributed by atoms with Gasteiger partial charge >= 0.3 is 0 Å². The van der Waals surface area contributed by atoms with Crippen LogP contribution < -0.4 is 0 Å². The topological polar surface area (TPSA) is 58.4 Å². The summed E-state index contributed by atoms with van der Waals surface area (Å²) in [4.78, 5) is 14.6. The number of hydrogen-bond donors (Lipinski definition) is 1. The van der Waals surface area contributed by atoms with Crippen molar-refractivity contribution in [2.45, 2.75) is 57.1 Å². The molecule has 2 heterocycles. The molecule has 21 heavy (non-hydrogen) atoms. The third-order valence-electron chi connectivity index (χ3n) is 5.15. The molecule has 1 aliphatic carbocycles. The Bertz CT molecular complexity index is 499. The third-order valence-corrected chi connectivity index (χ3v) is 5.15. The Morgan fingerprint density at radius 3 is 2.86 bits per heavy atom. The van der Waals surface area contributed by atoms with Crippen molar-refractivity contribution >= 4 is 5.91 Å². The normalized spacial score (nSPS) is 29.8. The number of amides is 1. The second kappa shape index (κ2) is 6.18. The number of hydrogen-bond acceptors (Lipinski definition) is 3.